The molecule has 4 rings (SSSR count). The first-order valence-corrected chi connectivity index (χ1v) is 10.2. The average Bonchev–Trinajstić information content (AvgIpc) is 3.18. The van der Waals surface area contributed by atoms with E-state index in [2.05, 4.69) is 52.4 Å². The molecule has 1 aliphatic heterocycles. The van der Waals surface area contributed by atoms with Gasteiger partial charge in [-0.15, -0.1) is 0 Å². The van der Waals surface area contributed by atoms with E-state index in [4.69, 9.17) is 4.99 Å². The SMILES string of the molecule is CCNC(=NCCNc1ncnc2c1cnn2C)N1CCN(c2ncccn2)CC1. The molecule has 11 nitrogen and oxygen atoms in total. The largest absolute Gasteiger partial charge is 0.367 e. The van der Waals surface area contributed by atoms with Gasteiger partial charge in [-0.25, -0.2) is 19.9 Å². The van der Waals surface area contributed by atoms with E-state index in [9.17, 15) is 0 Å². The van der Waals surface area contributed by atoms with Crippen LogP contribution in [0.4, 0.5) is 11.8 Å². The molecule has 1 saturated heterocycles. The summed E-state index contributed by atoms with van der Waals surface area (Å²) >= 11 is 0. The molecular formula is C19H27N11. The fourth-order valence-electron chi connectivity index (χ4n) is 3.44. The highest BCUT2D eigenvalue weighted by Gasteiger charge is 2.21. The van der Waals surface area contributed by atoms with Crippen molar-refractivity contribution in [3.8, 4) is 0 Å². The Labute approximate surface area is 175 Å². The molecular weight excluding hydrogens is 382 g/mol. The highest BCUT2D eigenvalue weighted by molar-refractivity contribution is 5.86. The van der Waals surface area contributed by atoms with Gasteiger partial charge < -0.3 is 20.4 Å². The smallest absolute Gasteiger partial charge is 0.225 e. The van der Waals surface area contributed by atoms with Gasteiger partial charge in [-0.1, -0.05) is 0 Å². The van der Waals surface area contributed by atoms with Gasteiger partial charge in [0, 0.05) is 58.7 Å². The number of fused-ring (bicyclic) bond motifs is 1. The number of anilines is 2. The third-order valence-electron chi connectivity index (χ3n) is 4.94. The molecule has 0 radical (unpaired) electrons. The molecule has 3 aromatic heterocycles. The number of rotatable bonds is 6. The summed E-state index contributed by atoms with van der Waals surface area (Å²) in [6.45, 7) is 7.71. The van der Waals surface area contributed by atoms with Gasteiger partial charge in [0.1, 0.15) is 12.1 Å². The van der Waals surface area contributed by atoms with Crippen molar-refractivity contribution in [2.75, 3.05) is 56.0 Å². The quantitative estimate of drug-likeness (QED) is 0.338. The molecule has 1 aliphatic rings. The predicted molar refractivity (Wildman–Crippen MR) is 117 cm³/mol. The van der Waals surface area contributed by atoms with Gasteiger partial charge >= 0.3 is 0 Å². The lowest BCUT2D eigenvalue weighted by atomic mass is 10.3. The third kappa shape index (κ3) is 4.39. The minimum atomic E-state index is 0.635. The van der Waals surface area contributed by atoms with Crippen molar-refractivity contribution in [1.29, 1.82) is 0 Å². The van der Waals surface area contributed by atoms with Crippen LogP contribution in [0.1, 0.15) is 6.92 Å². The molecule has 0 unspecified atom stereocenters. The topological polar surface area (TPSA) is 112 Å². The Kier molecular flexibility index (Phi) is 6.16. The second-order valence-electron chi connectivity index (χ2n) is 6.91. The van der Waals surface area contributed by atoms with Gasteiger partial charge in [0.25, 0.3) is 0 Å². The van der Waals surface area contributed by atoms with Crippen LogP contribution < -0.4 is 15.5 Å². The molecule has 2 N–H and O–H groups in total. The van der Waals surface area contributed by atoms with Crippen molar-refractivity contribution in [1.82, 2.24) is 39.9 Å². The maximum absolute atomic E-state index is 4.79. The zero-order chi connectivity index (χ0) is 20.8. The Bertz CT molecular complexity index is 977. The summed E-state index contributed by atoms with van der Waals surface area (Å²) in [5.41, 5.74) is 0.810. The number of aryl methyl sites for hydroxylation is 1. The summed E-state index contributed by atoms with van der Waals surface area (Å²) in [5, 5.41) is 11.9. The summed E-state index contributed by atoms with van der Waals surface area (Å²) in [6.07, 6.45) is 6.89. The van der Waals surface area contributed by atoms with E-state index in [-0.39, 0.29) is 0 Å². The molecule has 30 heavy (non-hydrogen) atoms. The van der Waals surface area contributed by atoms with E-state index >= 15 is 0 Å². The summed E-state index contributed by atoms with van der Waals surface area (Å²) in [6, 6.07) is 1.84. The molecule has 11 heteroatoms. The molecule has 0 saturated carbocycles. The van der Waals surface area contributed by atoms with E-state index < -0.39 is 0 Å². The Morgan fingerprint density at radius 3 is 2.67 bits per heavy atom. The van der Waals surface area contributed by atoms with Crippen molar-refractivity contribution in [2.24, 2.45) is 12.0 Å². The first kappa shape index (κ1) is 19.8. The number of nitrogens with one attached hydrogen (secondary N) is 2. The van der Waals surface area contributed by atoms with Gasteiger partial charge in [-0.3, -0.25) is 9.67 Å². The van der Waals surface area contributed by atoms with Crippen LogP contribution in [0.25, 0.3) is 11.0 Å². The third-order valence-corrected chi connectivity index (χ3v) is 4.94. The lowest BCUT2D eigenvalue weighted by molar-refractivity contribution is 0.370. The lowest BCUT2D eigenvalue weighted by Crippen LogP contribution is -2.53. The van der Waals surface area contributed by atoms with Crippen molar-refractivity contribution in [2.45, 2.75) is 6.92 Å². The maximum Gasteiger partial charge on any atom is 0.225 e. The average molecular weight is 410 g/mol. The van der Waals surface area contributed by atoms with Crippen LogP contribution in [0, 0.1) is 0 Å². The second-order valence-corrected chi connectivity index (χ2v) is 6.91. The number of nitrogens with zero attached hydrogens (tertiary/aromatic N) is 9. The van der Waals surface area contributed by atoms with Crippen molar-refractivity contribution >= 4 is 28.8 Å². The van der Waals surface area contributed by atoms with Crippen LogP contribution >= 0.6 is 0 Å². The second kappa shape index (κ2) is 9.33. The lowest BCUT2D eigenvalue weighted by Gasteiger charge is -2.36. The number of hydrogen-bond donors (Lipinski definition) is 2. The van der Waals surface area contributed by atoms with Gasteiger partial charge in [0.15, 0.2) is 11.6 Å². The number of guanidine groups is 1. The normalized spacial score (nSPS) is 14.9. The predicted octanol–water partition coefficient (Wildman–Crippen LogP) is 0.353. The van der Waals surface area contributed by atoms with Crippen LogP contribution in [0.5, 0.6) is 0 Å². The van der Waals surface area contributed by atoms with E-state index in [0.29, 0.717) is 13.1 Å². The molecule has 158 valence electrons. The molecule has 0 atom stereocenters. The molecule has 0 aliphatic carbocycles. The fourth-order valence-corrected chi connectivity index (χ4v) is 3.44. The highest BCUT2D eigenvalue weighted by atomic mass is 15.4. The standard InChI is InChI=1S/C19H27N11/c1-3-20-18(29-9-11-30(12-10-29)19-22-5-4-6-23-19)24-8-7-21-16-15-13-27-28(2)17(15)26-14-25-16/h4-6,13-14H,3,7-12H2,1-2H3,(H,20,24)(H,21,25,26). The minimum Gasteiger partial charge on any atom is -0.367 e. The van der Waals surface area contributed by atoms with Crippen LogP contribution in [-0.2, 0) is 7.05 Å². The molecule has 3 aromatic rings. The summed E-state index contributed by atoms with van der Waals surface area (Å²) in [4.78, 5) is 26.6. The van der Waals surface area contributed by atoms with Crippen molar-refractivity contribution in [3.63, 3.8) is 0 Å². The van der Waals surface area contributed by atoms with Gasteiger partial charge in [0.2, 0.25) is 5.95 Å². The van der Waals surface area contributed by atoms with Gasteiger partial charge in [-0.05, 0) is 13.0 Å². The molecule has 0 amide bonds. The highest BCUT2D eigenvalue weighted by Crippen LogP contribution is 2.17. The van der Waals surface area contributed by atoms with Crippen LogP contribution in [0.2, 0.25) is 0 Å². The Hall–Kier alpha value is -3.50. The minimum absolute atomic E-state index is 0.635. The first-order chi connectivity index (χ1) is 14.8. The Morgan fingerprint density at radius 1 is 1.10 bits per heavy atom. The van der Waals surface area contributed by atoms with E-state index in [0.717, 1.165) is 61.5 Å². The Morgan fingerprint density at radius 2 is 1.90 bits per heavy atom. The first-order valence-electron chi connectivity index (χ1n) is 10.2. The summed E-state index contributed by atoms with van der Waals surface area (Å²) in [7, 11) is 1.87. The monoisotopic (exact) mass is 409 g/mol. The van der Waals surface area contributed by atoms with Crippen LogP contribution in [-0.4, -0.2) is 86.4 Å². The number of aliphatic imine (C=N–C) groups is 1. The van der Waals surface area contributed by atoms with Gasteiger partial charge in [-0.2, -0.15) is 5.10 Å². The molecule has 0 bridgehead atoms. The van der Waals surface area contributed by atoms with E-state index in [1.807, 2.05) is 13.1 Å². The fraction of sp³-hybridized carbons (Fsp3) is 0.474. The summed E-state index contributed by atoms with van der Waals surface area (Å²) < 4.78 is 1.74. The molecule has 0 spiro atoms. The zero-order valence-corrected chi connectivity index (χ0v) is 17.4. The number of aromatic nitrogens is 6. The van der Waals surface area contributed by atoms with Crippen LogP contribution in [0.15, 0.2) is 36.0 Å². The maximum atomic E-state index is 4.79. The van der Waals surface area contributed by atoms with E-state index in [1.54, 1.807) is 29.6 Å². The number of hydrogen-bond acceptors (Lipinski definition) is 8. The van der Waals surface area contributed by atoms with Gasteiger partial charge in [0.05, 0.1) is 18.1 Å². The van der Waals surface area contributed by atoms with Crippen molar-refractivity contribution < 1.29 is 0 Å². The zero-order valence-electron chi connectivity index (χ0n) is 17.4. The Balaban J connectivity index is 1.33. The van der Waals surface area contributed by atoms with E-state index in [1.165, 1.54) is 0 Å². The summed E-state index contributed by atoms with van der Waals surface area (Å²) in [5.74, 6) is 2.50. The van der Waals surface area contributed by atoms with Crippen molar-refractivity contribution in [3.05, 3.63) is 31.0 Å². The molecule has 4 heterocycles. The molecule has 1 fully saturated rings. The van der Waals surface area contributed by atoms with Crippen LogP contribution in [0.3, 0.4) is 0 Å². The number of piperazine rings is 1. The molecule has 0 aromatic carbocycles.